The third-order valence-electron chi connectivity index (χ3n) is 2.21. The second-order valence-corrected chi connectivity index (χ2v) is 3.19. The van der Waals surface area contributed by atoms with Crippen LogP contribution in [0.5, 0.6) is 0 Å². The van der Waals surface area contributed by atoms with Crippen LogP contribution in [0.15, 0.2) is 30.3 Å². The van der Waals surface area contributed by atoms with Gasteiger partial charge in [-0.1, -0.05) is 30.3 Å². The Labute approximate surface area is 89.1 Å². The van der Waals surface area contributed by atoms with E-state index in [2.05, 4.69) is 0 Å². The minimum atomic E-state index is -1.11. The first-order chi connectivity index (χ1) is 7.20. The lowest BCUT2D eigenvalue weighted by molar-refractivity contribution is -0.191. The minimum absolute atomic E-state index is 0.629. The predicted molar refractivity (Wildman–Crippen MR) is 55.2 cm³/mol. The molecule has 0 aliphatic carbocycles. The van der Waals surface area contributed by atoms with Crippen molar-refractivity contribution in [3.63, 3.8) is 0 Å². The van der Waals surface area contributed by atoms with Crippen LogP contribution in [0.3, 0.4) is 0 Å². The van der Waals surface area contributed by atoms with E-state index in [1.54, 1.807) is 24.3 Å². The molecule has 0 bridgehead atoms. The standard InChI is InChI=1S/C11H16O4/c1-14-11(15-2)10(13)9(12)8-6-4-3-5-7-8/h3-7,9-13H,1-2H3/t9-,10+/m1/s1. The fourth-order valence-electron chi connectivity index (χ4n) is 1.37. The molecule has 1 aromatic rings. The van der Waals surface area contributed by atoms with Crippen LogP contribution in [0, 0.1) is 0 Å². The lowest BCUT2D eigenvalue weighted by Gasteiger charge is -2.24. The highest BCUT2D eigenvalue weighted by Crippen LogP contribution is 2.19. The Bertz CT molecular complexity index is 271. The highest BCUT2D eigenvalue weighted by Gasteiger charge is 2.27. The van der Waals surface area contributed by atoms with E-state index < -0.39 is 18.5 Å². The molecule has 0 saturated carbocycles. The molecule has 0 aliphatic heterocycles. The lowest BCUT2D eigenvalue weighted by atomic mass is 10.0. The van der Waals surface area contributed by atoms with Gasteiger partial charge in [0, 0.05) is 14.2 Å². The largest absolute Gasteiger partial charge is 0.385 e. The molecule has 0 aliphatic rings. The Kier molecular flexibility index (Phi) is 4.71. The maximum atomic E-state index is 9.81. The van der Waals surface area contributed by atoms with Gasteiger partial charge in [0.1, 0.15) is 12.2 Å². The molecular weight excluding hydrogens is 196 g/mol. The summed E-state index contributed by atoms with van der Waals surface area (Å²) in [5.74, 6) is 0. The Morgan fingerprint density at radius 2 is 1.53 bits per heavy atom. The average Bonchev–Trinajstić information content (AvgIpc) is 2.30. The first-order valence-electron chi connectivity index (χ1n) is 4.67. The van der Waals surface area contributed by atoms with E-state index in [0.717, 1.165) is 0 Å². The van der Waals surface area contributed by atoms with Crippen LogP contribution in [0.1, 0.15) is 11.7 Å². The van der Waals surface area contributed by atoms with Crippen LogP contribution >= 0.6 is 0 Å². The van der Waals surface area contributed by atoms with Crippen molar-refractivity contribution in [3.05, 3.63) is 35.9 Å². The van der Waals surface area contributed by atoms with Crippen LogP contribution in [0.4, 0.5) is 0 Å². The molecule has 1 aromatic carbocycles. The van der Waals surface area contributed by atoms with Gasteiger partial charge in [-0.05, 0) is 5.56 Å². The molecule has 4 heteroatoms. The highest BCUT2D eigenvalue weighted by atomic mass is 16.7. The van der Waals surface area contributed by atoms with Gasteiger partial charge in [-0.25, -0.2) is 0 Å². The number of ether oxygens (including phenoxy) is 2. The van der Waals surface area contributed by atoms with Gasteiger partial charge in [-0.3, -0.25) is 0 Å². The van der Waals surface area contributed by atoms with Crippen molar-refractivity contribution in [1.29, 1.82) is 0 Å². The molecule has 0 unspecified atom stereocenters. The van der Waals surface area contributed by atoms with Crippen molar-refractivity contribution >= 4 is 0 Å². The Balaban J connectivity index is 2.71. The SMILES string of the molecule is COC(OC)[C@@H](O)[C@H](O)c1ccccc1. The van der Waals surface area contributed by atoms with Crippen molar-refractivity contribution in [2.45, 2.75) is 18.5 Å². The first kappa shape index (κ1) is 12.1. The van der Waals surface area contributed by atoms with Crippen LogP contribution < -0.4 is 0 Å². The van der Waals surface area contributed by atoms with Crippen molar-refractivity contribution < 1.29 is 19.7 Å². The summed E-state index contributed by atoms with van der Waals surface area (Å²) in [6, 6.07) is 8.89. The smallest absolute Gasteiger partial charge is 0.185 e. The summed E-state index contributed by atoms with van der Waals surface area (Å²) in [4.78, 5) is 0. The van der Waals surface area contributed by atoms with Gasteiger partial charge in [0.05, 0.1) is 0 Å². The number of benzene rings is 1. The van der Waals surface area contributed by atoms with Crippen molar-refractivity contribution in [2.75, 3.05) is 14.2 Å². The van der Waals surface area contributed by atoms with Crippen LogP contribution in [0.2, 0.25) is 0 Å². The molecule has 0 spiro atoms. The quantitative estimate of drug-likeness (QED) is 0.705. The minimum Gasteiger partial charge on any atom is -0.385 e. The summed E-state index contributed by atoms with van der Waals surface area (Å²) in [6.07, 6.45) is -2.96. The topological polar surface area (TPSA) is 58.9 Å². The molecule has 84 valence electrons. The number of hydrogen-bond acceptors (Lipinski definition) is 4. The Morgan fingerprint density at radius 3 is 2.00 bits per heavy atom. The molecule has 2 N–H and O–H groups in total. The second kappa shape index (κ2) is 5.82. The first-order valence-corrected chi connectivity index (χ1v) is 4.67. The predicted octanol–water partition coefficient (Wildman–Crippen LogP) is 0.700. The van der Waals surface area contributed by atoms with Crippen molar-refractivity contribution in [2.24, 2.45) is 0 Å². The fourth-order valence-corrected chi connectivity index (χ4v) is 1.37. The van der Waals surface area contributed by atoms with Gasteiger partial charge < -0.3 is 19.7 Å². The van der Waals surface area contributed by atoms with Gasteiger partial charge in [-0.2, -0.15) is 0 Å². The van der Waals surface area contributed by atoms with Gasteiger partial charge in [-0.15, -0.1) is 0 Å². The summed E-state index contributed by atoms with van der Waals surface area (Å²) in [6.45, 7) is 0. The zero-order valence-electron chi connectivity index (χ0n) is 8.83. The van der Waals surface area contributed by atoms with Gasteiger partial charge in [0.2, 0.25) is 0 Å². The third-order valence-corrected chi connectivity index (χ3v) is 2.21. The van der Waals surface area contributed by atoms with E-state index in [9.17, 15) is 10.2 Å². The molecule has 0 fully saturated rings. The monoisotopic (exact) mass is 212 g/mol. The van der Waals surface area contributed by atoms with Gasteiger partial charge in [0.25, 0.3) is 0 Å². The summed E-state index contributed by atoms with van der Waals surface area (Å²) in [7, 11) is 2.82. The van der Waals surface area contributed by atoms with Crippen molar-refractivity contribution in [1.82, 2.24) is 0 Å². The lowest BCUT2D eigenvalue weighted by Crippen LogP contribution is -2.35. The summed E-state index contributed by atoms with van der Waals surface area (Å²) >= 11 is 0. The van der Waals surface area contributed by atoms with E-state index in [1.807, 2.05) is 6.07 Å². The van der Waals surface area contributed by atoms with Gasteiger partial charge in [0.15, 0.2) is 6.29 Å². The fraction of sp³-hybridized carbons (Fsp3) is 0.455. The van der Waals surface area contributed by atoms with E-state index in [1.165, 1.54) is 14.2 Å². The molecule has 0 radical (unpaired) electrons. The highest BCUT2D eigenvalue weighted by molar-refractivity contribution is 5.18. The third kappa shape index (κ3) is 3.00. The second-order valence-electron chi connectivity index (χ2n) is 3.19. The average molecular weight is 212 g/mol. The van der Waals surface area contributed by atoms with Crippen LogP contribution in [0.25, 0.3) is 0 Å². The molecule has 1 rings (SSSR count). The number of hydrogen-bond donors (Lipinski definition) is 2. The van der Waals surface area contributed by atoms with Crippen LogP contribution in [-0.4, -0.2) is 36.8 Å². The molecule has 15 heavy (non-hydrogen) atoms. The molecule has 0 saturated heterocycles. The molecule has 0 heterocycles. The zero-order valence-corrected chi connectivity index (χ0v) is 8.83. The summed E-state index contributed by atoms with van der Waals surface area (Å²) in [5, 5.41) is 19.5. The summed E-state index contributed by atoms with van der Waals surface area (Å²) in [5.41, 5.74) is 0.629. The molecule has 0 aromatic heterocycles. The maximum Gasteiger partial charge on any atom is 0.185 e. The zero-order chi connectivity index (χ0) is 11.3. The van der Waals surface area contributed by atoms with Crippen LogP contribution in [-0.2, 0) is 9.47 Å². The van der Waals surface area contributed by atoms with Gasteiger partial charge >= 0.3 is 0 Å². The number of aliphatic hydroxyl groups is 2. The molecule has 0 amide bonds. The van der Waals surface area contributed by atoms with Crippen molar-refractivity contribution in [3.8, 4) is 0 Å². The number of rotatable bonds is 5. The Hall–Kier alpha value is -0.940. The van der Waals surface area contributed by atoms with E-state index in [0.29, 0.717) is 5.56 Å². The van der Waals surface area contributed by atoms with E-state index in [4.69, 9.17) is 9.47 Å². The normalized spacial score (nSPS) is 15.3. The number of aliphatic hydroxyl groups excluding tert-OH is 2. The molecular formula is C11H16O4. The summed E-state index contributed by atoms with van der Waals surface area (Å²) < 4.78 is 9.74. The van der Waals surface area contributed by atoms with E-state index in [-0.39, 0.29) is 0 Å². The molecule has 4 nitrogen and oxygen atoms in total. The molecule has 2 atom stereocenters. The maximum absolute atomic E-state index is 9.81. The number of methoxy groups -OCH3 is 2. The Morgan fingerprint density at radius 1 is 1.00 bits per heavy atom. The van der Waals surface area contributed by atoms with E-state index >= 15 is 0 Å².